The van der Waals surface area contributed by atoms with Crippen molar-refractivity contribution in [1.29, 1.82) is 5.41 Å². The number of benzene rings is 1. The second-order valence-electron chi connectivity index (χ2n) is 7.15. The molecule has 4 rings (SSSR count). The number of hydroxylamine groups is 1. The Morgan fingerprint density at radius 2 is 2.28 bits per heavy atom. The third-order valence-corrected chi connectivity index (χ3v) is 5.26. The average Bonchev–Trinajstić information content (AvgIpc) is 3.11. The van der Waals surface area contributed by atoms with Gasteiger partial charge in [-0.05, 0) is 50.7 Å². The lowest BCUT2D eigenvalue weighted by Crippen LogP contribution is -2.39. The number of hydrogen-bond acceptors (Lipinski definition) is 6. The first-order valence-electron chi connectivity index (χ1n) is 9.25. The summed E-state index contributed by atoms with van der Waals surface area (Å²) < 4.78 is 13.4. The molecule has 8 nitrogen and oxygen atoms in total. The number of nitrogens with one attached hydrogen (secondary N) is 3. The van der Waals surface area contributed by atoms with Crippen LogP contribution in [0.1, 0.15) is 18.4 Å². The van der Waals surface area contributed by atoms with E-state index in [0.717, 1.165) is 32.0 Å². The summed E-state index contributed by atoms with van der Waals surface area (Å²) in [5, 5.41) is 22.8. The molecule has 3 aromatic rings. The van der Waals surface area contributed by atoms with E-state index < -0.39 is 5.82 Å². The quantitative estimate of drug-likeness (QED) is 0.294. The molecule has 3 heterocycles. The molecule has 10 heteroatoms. The molecule has 29 heavy (non-hydrogen) atoms. The number of anilines is 2. The van der Waals surface area contributed by atoms with Crippen LogP contribution in [0.25, 0.3) is 11.2 Å². The number of imidazole rings is 1. The molecule has 1 aromatic carbocycles. The minimum Gasteiger partial charge on any atom is -0.352 e. The number of aromatic amines is 1. The van der Waals surface area contributed by atoms with E-state index in [1.807, 2.05) is 0 Å². The second kappa shape index (κ2) is 7.94. The number of halogens is 2. The van der Waals surface area contributed by atoms with Gasteiger partial charge < -0.3 is 15.2 Å². The highest BCUT2D eigenvalue weighted by atomic mass is 35.5. The molecule has 2 aromatic heterocycles. The maximum Gasteiger partial charge on any atom is 0.202 e. The summed E-state index contributed by atoms with van der Waals surface area (Å²) >= 11 is 5.79. The molecule has 0 saturated carbocycles. The number of pyridine rings is 1. The highest BCUT2D eigenvalue weighted by molar-refractivity contribution is 6.31. The number of rotatable bonds is 4. The predicted molar refractivity (Wildman–Crippen MR) is 111 cm³/mol. The largest absolute Gasteiger partial charge is 0.352 e. The summed E-state index contributed by atoms with van der Waals surface area (Å²) in [5.41, 5.74) is 1.54. The van der Waals surface area contributed by atoms with Crippen LogP contribution in [0.15, 0.2) is 30.5 Å². The molecular weight excluding hydrogens is 397 g/mol. The summed E-state index contributed by atoms with van der Waals surface area (Å²) in [4.78, 5) is 14.2. The Morgan fingerprint density at radius 1 is 1.45 bits per heavy atom. The Morgan fingerprint density at radius 3 is 3.03 bits per heavy atom. The van der Waals surface area contributed by atoms with Crippen molar-refractivity contribution in [3.05, 3.63) is 46.9 Å². The maximum absolute atomic E-state index is 13.4. The molecule has 0 amide bonds. The summed E-state index contributed by atoms with van der Waals surface area (Å²) in [5.74, 6) is -0.241. The lowest BCUT2D eigenvalue weighted by atomic mass is 10.1. The van der Waals surface area contributed by atoms with Crippen molar-refractivity contribution in [2.75, 3.05) is 30.5 Å². The van der Waals surface area contributed by atoms with Crippen LogP contribution in [-0.4, -0.2) is 57.1 Å². The Hall–Kier alpha value is -2.75. The van der Waals surface area contributed by atoms with Crippen molar-refractivity contribution in [2.24, 2.45) is 0 Å². The van der Waals surface area contributed by atoms with Gasteiger partial charge in [-0.1, -0.05) is 11.6 Å². The molecule has 1 aliphatic rings. The first-order valence-corrected chi connectivity index (χ1v) is 9.63. The zero-order valence-corrected chi connectivity index (χ0v) is 16.5. The number of likely N-dealkylation sites (tertiary alicyclic amines) is 1. The van der Waals surface area contributed by atoms with E-state index in [0.29, 0.717) is 27.7 Å². The topological polar surface area (TPSA) is 104 Å². The average molecular weight is 418 g/mol. The number of piperidine rings is 1. The van der Waals surface area contributed by atoms with Crippen LogP contribution >= 0.6 is 11.6 Å². The van der Waals surface area contributed by atoms with E-state index in [1.165, 1.54) is 18.3 Å². The van der Waals surface area contributed by atoms with Crippen molar-refractivity contribution in [2.45, 2.75) is 18.9 Å². The Balaban J connectivity index is 1.60. The number of likely N-dealkylation sites (N-methyl/N-ethyl adjacent to an activating group) is 1. The maximum atomic E-state index is 13.4. The lowest BCUT2D eigenvalue weighted by molar-refractivity contribution is 0.260. The van der Waals surface area contributed by atoms with Crippen LogP contribution in [0.2, 0.25) is 5.02 Å². The smallest absolute Gasteiger partial charge is 0.202 e. The van der Waals surface area contributed by atoms with Crippen LogP contribution in [0.5, 0.6) is 0 Å². The Kier molecular flexibility index (Phi) is 5.35. The van der Waals surface area contributed by atoms with Gasteiger partial charge in [0, 0.05) is 24.3 Å². The van der Waals surface area contributed by atoms with Gasteiger partial charge in [-0.25, -0.2) is 14.4 Å². The fourth-order valence-electron chi connectivity index (χ4n) is 3.51. The lowest BCUT2D eigenvalue weighted by Gasteiger charge is -2.29. The van der Waals surface area contributed by atoms with Gasteiger partial charge in [-0.3, -0.25) is 10.6 Å². The van der Waals surface area contributed by atoms with Gasteiger partial charge in [-0.15, -0.1) is 0 Å². The highest BCUT2D eigenvalue weighted by Crippen LogP contribution is 2.25. The monoisotopic (exact) mass is 417 g/mol. The molecule has 1 atom stereocenters. The van der Waals surface area contributed by atoms with Gasteiger partial charge in [0.1, 0.15) is 5.82 Å². The molecule has 1 saturated heterocycles. The molecule has 0 spiro atoms. The fraction of sp³-hybridized carbons (Fsp3) is 0.316. The number of fused-ring (bicyclic) bond motifs is 1. The number of H-pyrrole nitrogens is 1. The predicted octanol–water partition coefficient (Wildman–Crippen LogP) is 3.48. The first kappa shape index (κ1) is 19.6. The molecule has 0 bridgehead atoms. The second-order valence-corrected chi connectivity index (χ2v) is 7.55. The highest BCUT2D eigenvalue weighted by Gasteiger charge is 2.21. The van der Waals surface area contributed by atoms with Crippen LogP contribution in [0.4, 0.5) is 16.0 Å². The van der Waals surface area contributed by atoms with Crippen LogP contribution in [0, 0.1) is 11.2 Å². The van der Waals surface area contributed by atoms with E-state index in [9.17, 15) is 9.60 Å². The number of nitrogens with zero attached hydrogens (tertiary/aromatic N) is 4. The van der Waals surface area contributed by atoms with Gasteiger partial charge in [0.25, 0.3) is 0 Å². The van der Waals surface area contributed by atoms with Gasteiger partial charge in [0.05, 0.1) is 16.2 Å². The van der Waals surface area contributed by atoms with E-state index >= 15 is 0 Å². The fourth-order valence-corrected chi connectivity index (χ4v) is 3.69. The molecule has 0 aliphatic carbocycles. The Labute approximate surface area is 171 Å². The van der Waals surface area contributed by atoms with Crippen molar-refractivity contribution < 1.29 is 9.60 Å². The van der Waals surface area contributed by atoms with Gasteiger partial charge in [-0.2, -0.15) is 4.98 Å². The van der Waals surface area contributed by atoms with E-state index in [-0.39, 0.29) is 22.6 Å². The summed E-state index contributed by atoms with van der Waals surface area (Å²) in [6, 6.07) is 5.61. The zero-order valence-electron chi connectivity index (χ0n) is 15.8. The zero-order chi connectivity index (χ0) is 20.5. The molecule has 0 radical (unpaired) electrons. The Bertz CT molecular complexity index is 1060. The molecule has 152 valence electrons. The molecule has 4 N–H and O–H groups in total. The summed E-state index contributed by atoms with van der Waals surface area (Å²) in [7, 11) is 2.09. The van der Waals surface area contributed by atoms with Gasteiger partial charge in [0.15, 0.2) is 11.5 Å². The number of hydrogen-bond donors (Lipinski definition) is 4. The molecular formula is C19H21ClFN7O. The standard InChI is InChI=1S/C19H21ClFN7O/c1-27-8-2-3-11(10-27)24-19-25-16-13(6-7-23-18(16)26-19)17(22)28(29)12-4-5-15(21)14(20)9-12/h4-7,9,11,22,29H,2-3,8,10H2,1H3,(H2,23,24,25,26). The van der Waals surface area contributed by atoms with Crippen LogP contribution < -0.4 is 10.4 Å². The van der Waals surface area contributed by atoms with Crippen molar-refractivity contribution >= 4 is 40.2 Å². The molecule has 1 aliphatic heterocycles. The SMILES string of the molecule is CN1CCCC(Nc2nc3nccc(C(=N)N(O)c4ccc(F)c(Cl)c4)c3[nH]2)C1. The van der Waals surface area contributed by atoms with Crippen molar-refractivity contribution in [3.8, 4) is 0 Å². The normalized spacial score (nSPS) is 17.4. The molecule has 1 unspecified atom stereocenters. The summed E-state index contributed by atoms with van der Waals surface area (Å²) in [6.07, 6.45) is 3.69. The number of amidine groups is 1. The first-order chi connectivity index (χ1) is 13.9. The number of aromatic nitrogens is 3. The van der Waals surface area contributed by atoms with Crippen LogP contribution in [0.3, 0.4) is 0 Å². The third kappa shape index (κ3) is 4.02. The minimum absolute atomic E-state index is 0.139. The van der Waals surface area contributed by atoms with E-state index in [4.69, 9.17) is 17.0 Å². The van der Waals surface area contributed by atoms with Crippen LogP contribution in [-0.2, 0) is 0 Å². The van der Waals surface area contributed by atoms with Crippen molar-refractivity contribution in [1.82, 2.24) is 19.9 Å². The van der Waals surface area contributed by atoms with Gasteiger partial charge >= 0.3 is 0 Å². The molecule has 1 fully saturated rings. The summed E-state index contributed by atoms with van der Waals surface area (Å²) in [6.45, 7) is 2.00. The van der Waals surface area contributed by atoms with E-state index in [1.54, 1.807) is 6.07 Å². The minimum atomic E-state index is -0.598. The van der Waals surface area contributed by atoms with Gasteiger partial charge in [0.2, 0.25) is 5.95 Å². The third-order valence-electron chi connectivity index (χ3n) is 4.97. The van der Waals surface area contributed by atoms with Crippen molar-refractivity contribution in [3.63, 3.8) is 0 Å². The van der Waals surface area contributed by atoms with E-state index in [2.05, 4.69) is 32.2 Å².